The Labute approximate surface area is 467 Å². The lowest BCUT2D eigenvalue weighted by atomic mass is 9.33. The van der Waals surface area contributed by atoms with Crippen molar-refractivity contribution in [3.63, 3.8) is 0 Å². The second-order valence-electron chi connectivity index (χ2n) is 31.8. The molecule has 0 aromatic carbocycles. The van der Waals surface area contributed by atoms with Gasteiger partial charge in [0.1, 0.15) is 12.1 Å². The van der Waals surface area contributed by atoms with E-state index in [1.54, 1.807) is 0 Å². The van der Waals surface area contributed by atoms with E-state index in [9.17, 15) is 29.7 Å². The number of Topliss-reactive ketones (excluding diaryl/α,β-unsaturated/α-hetero) is 2. The molecule has 16 unspecified atom stereocenters. The minimum atomic E-state index is -0.785. The number of hydrogen-bond donors (Lipinski definition) is 2. The number of ketones is 4. The number of nitrogens with zero attached hydrogens (tertiary/aromatic N) is 2. The highest BCUT2D eigenvalue weighted by atomic mass is 16.2. The third kappa shape index (κ3) is 7.07. The molecule has 2 amide bonds. The number of hydrogen-bond acceptors (Lipinski definition) is 8. The van der Waals surface area contributed by atoms with Crippen molar-refractivity contribution in [3.05, 3.63) is 46.6 Å². The van der Waals surface area contributed by atoms with Crippen molar-refractivity contribution in [3.8, 4) is 12.1 Å². The molecule has 0 heterocycles. The summed E-state index contributed by atoms with van der Waals surface area (Å²) < 4.78 is 0. The summed E-state index contributed by atoms with van der Waals surface area (Å²) in [5, 5.41) is 20.5. The van der Waals surface area contributed by atoms with E-state index in [0.717, 1.165) is 88.2 Å². The van der Waals surface area contributed by atoms with Crippen molar-refractivity contribution >= 4 is 34.9 Å². The molecular formula is C68H94N4O6. The van der Waals surface area contributed by atoms with Gasteiger partial charge in [-0.15, -0.1) is 0 Å². The Morgan fingerprint density at radius 2 is 0.833 bits per heavy atom. The third-order valence-electron chi connectivity index (χ3n) is 27.5. The molecular weight excluding hydrogens is 969 g/mol. The van der Waals surface area contributed by atoms with Crippen LogP contribution in [0.3, 0.4) is 0 Å². The van der Waals surface area contributed by atoms with Gasteiger partial charge in [-0.05, 0) is 170 Å². The molecule has 422 valence electrons. The summed E-state index contributed by atoms with van der Waals surface area (Å²) >= 11 is 0. The Morgan fingerprint density at radius 3 is 1.15 bits per heavy atom. The molecule has 10 nitrogen and oxygen atoms in total. The number of nitrogens with two attached hydrogens (primary N) is 2. The van der Waals surface area contributed by atoms with Gasteiger partial charge in [0.05, 0.1) is 22.0 Å². The number of fused-ring (bicyclic) bond motifs is 14. The van der Waals surface area contributed by atoms with Crippen molar-refractivity contribution in [2.75, 3.05) is 0 Å². The number of amides is 2. The average Bonchev–Trinajstić information content (AvgIpc) is 3.50. The van der Waals surface area contributed by atoms with Crippen LogP contribution in [0.4, 0.5) is 0 Å². The topological polar surface area (TPSA) is 202 Å². The van der Waals surface area contributed by atoms with Gasteiger partial charge in [0.2, 0.25) is 11.8 Å². The smallest absolute Gasteiger partial charge is 0.223 e. The van der Waals surface area contributed by atoms with E-state index in [0.29, 0.717) is 38.5 Å². The fourth-order valence-corrected chi connectivity index (χ4v) is 22.6. The van der Waals surface area contributed by atoms with Crippen LogP contribution in [0.2, 0.25) is 0 Å². The van der Waals surface area contributed by atoms with E-state index in [1.165, 1.54) is 0 Å². The normalized spacial score (nSPS) is 46.2. The van der Waals surface area contributed by atoms with Crippen molar-refractivity contribution < 1.29 is 28.8 Å². The predicted octanol–water partition coefficient (Wildman–Crippen LogP) is 13.2. The van der Waals surface area contributed by atoms with Gasteiger partial charge < -0.3 is 11.5 Å². The van der Waals surface area contributed by atoms with E-state index >= 15 is 9.59 Å². The zero-order valence-electron chi connectivity index (χ0n) is 50.2. The molecule has 78 heavy (non-hydrogen) atoms. The van der Waals surface area contributed by atoms with E-state index in [2.05, 4.69) is 81.4 Å². The second kappa shape index (κ2) is 17.5. The lowest BCUT2D eigenvalue weighted by Gasteiger charge is -2.70. The minimum Gasteiger partial charge on any atom is -0.369 e. The van der Waals surface area contributed by atoms with Crippen molar-refractivity contribution in [2.24, 2.45) is 124 Å². The van der Waals surface area contributed by atoms with Gasteiger partial charge in [-0.1, -0.05) is 146 Å². The van der Waals surface area contributed by atoms with Crippen LogP contribution >= 0.6 is 0 Å². The molecule has 10 aliphatic carbocycles. The summed E-state index contributed by atoms with van der Waals surface area (Å²) in [4.78, 5) is 86.7. The van der Waals surface area contributed by atoms with Crippen molar-refractivity contribution in [1.29, 1.82) is 10.5 Å². The number of rotatable bonds is 9. The molecule has 0 spiro atoms. The molecule has 0 aliphatic heterocycles. The summed E-state index contributed by atoms with van der Waals surface area (Å²) in [6, 6.07) is 4.46. The number of carbonyl (C=O) groups excluding carboxylic acids is 6. The van der Waals surface area contributed by atoms with Crippen LogP contribution in [-0.4, -0.2) is 34.9 Å². The summed E-state index contributed by atoms with van der Waals surface area (Å²) in [6.45, 7) is 30.9. The maximum atomic E-state index is 15.5. The van der Waals surface area contributed by atoms with Crippen LogP contribution in [0.5, 0.6) is 0 Å². The highest BCUT2D eigenvalue weighted by Crippen LogP contribution is 2.78. The van der Waals surface area contributed by atoms with Crippen LogP contribution in [-0.2, 0) is 28.8 Å². The van der Waals surface area contributed by atoms with Gasteiger partial charge in [0, 0.05) is 33.5 Å². The first-order valence-corrected chi connectivity index (χ1v) is 30.5. The van der Waals surface area contributed by atoms with Gasteiger partial charge in [-0.25, -0.2) is 0 Å². The number of primary amides is 2. The first-order valence-electron chi connectivity index (χ1n) is 30.5. The van der Waals surface area contributed by atoms with Crippen LogP contribution in [0, 0.1) is 135 Å². The van der Waals surface area contributed by atoms with Crippen molar-refractivity contribution in [2.45, 2.75) is 213 Å². The maximum absolute atomic E-state index is 15.5. The lowest BCUT2D eigenvalue weighted by Crippen LogP contribution is -2.68. The van der Waals surface area contributed by atoms with Crippen LogP contribution < -0.4 is 11.5 Å². The Morgan fingerprint density at radius 1 is 0.500 bits per heavy atom. The molecule has 0 saturated heterocycles. The van der Waals surface area contributed by atoms with Crippen LogP contribution in [0.25, 0.3) is 0 Å². The average molecular weight is 1060 g/mol. The van der Waals surface area contributed by atoms with Crippen LogP contribution in [0.15, 0.2) is 46.6 Å². The first-order chi connectivity index (χ1) is 36.0. The molecule has 10 heteroatoms. The molecule has 0 aromatic heterocycles. The monoisotopic (exact) mass is 1060 g/mol. The zero-order valence-corrected chi connectivity index (χ0v) is 50.2. The first kappa shape index (κ1) is 56.8. The van der Waals surface area contributed by atoms with Crippen molar-refractivity contribution in [1.82, 2.24) is 0 Å². The molecule has 16 atom stereocenters. The number of unbranched alkanes of at least 4 members (excludes halogenated alkanes) is 3. The van der Waals surface area contributed by atoms with E-state index < -0.39 is 66.0 Å². The second-order valence-corrected chi connectivity index (χ2v) is 31.8. The molecule has 10 rings (SSSR count). The third-order valence-corrected chi connectivity index (χ3v) is 27.5. The molecule has 6 saturated carbocycles. The van der Waals surface area contributed by atoms with Gasteiger partial charge in [0.15, 0.2) is 23.1 Å². The standard InChI is InChI=1S/C68H94N4O6/c1-57(2)25-29-67(55(71)77)31-27-65(13)51(43(73)33-47-61(9)35-39(37-69)53(75)59(5,6)45(61)21-23-63(47,65)11)49(67)41(57)19-17-15-16-18-20-42-50-52-44(74)34-48-62(10)36-40(38-70)54(76)60(7,8)46(62)22-24-64(48,12)66(52,14)28-32-68(50,56(72)78)30-26-58(42,3)4/h33-36,41-42,45-46,49-52H,15-32H2,1-14H3,(H2,71,77)(H2,72,78). The fraction of sp³-hybridized carbons (Fsp3) is 0.765. The Bertz CT molecular complexity index is 2720. The summed E-state index contributed by atoms with van der Waals surface area (Å²) in [7, 11) is 0. The number of carbonyl (C=O) groups is 6. The Kier molecular flexibility index (Phi) is 12.8. The Balaban J connectivity index is 0.921. The van der Waals surface area contributed by atoms with Gasteiger partial charge in [-0.2, -0.15) is 10.5 Å². The quantitative estimate of drug-likeness (QED) is 0.212. The van der Waals surface area contributed by atoms with Crippen LogP contribution in [0.1, 0.15) is 213 Å². The SMILES string of the molecule is CC1(C)CCC2(C(N)=O)CCC3(C)C(C(=O)C=C4C5(C)C=C(C#N)C(=O)C(C)(C)C5CCC43C)C2C1CCCCCCC1C2C3C(=O)C=C4C5(C)C=C(C#N)C(=O)C(C)(C)C5CCC4(C)C3(C)CCC2(C(N)=O)CCC1(C)C. The largest absolute Gasteiger partial charge is 0.369 e. The molecule has 0 radical (unpaired) electrons. The van der Waals surface area contributed by atoms with Gasteiger partial charge in [-0.3, -0.25) is 28.8 Å². The molecule has 6 fully saturated rings. The molecule has 0 bridgehead atoms. The lowest BCUT2D eigenvalue weighted by molar-refractivity contribution is -0.192. The van der Waals surface area contributed by atoms with E-state index in [-0.39, 0.29) is 92.4 Å². The predicted molar refractivity (Wildman–Crippen MR) is 302 cm³/mol. The molecule has 4 N–H and O–H groups in total. The summed E-state index contributed by atoms with van der Waals surface area (Å²) in [5.41, 5.74) is 9.32. The minimum absolute atomic E-state index is 0.0521. The zero-order chi connectivity index (χ0) is 57.4. The van der Waals surface area contributed by atoms with Gasteiger partial charge >= 0.3 is 0 Å². The highest BCUT2D eigenvalue weighted by molar-refractivity contribution is 6.06. The van der Waals surface area contributed by atoms with E-state index in [1.807, 2.05) is 52.0 Å². The molecule has 0 aromatic rings. The van der Waals surface area contributed by atoms with Gasteiger partial charge in [0.25, 0.3) is 0 Å². The fourth-order valence-electron chi connectivity index (χ4n) is 22.6. The number of allylic oxidation sites excluding steroid dienone is 8. The maximum Gasteiger partial charge on any atom is 0.223 e. The Hall–Kier alpha value is -4.44. The summed E-state index contributed by atoms with van der Waals surface area (Å²) in [6.07, 6.45) is 22.3. The summed E-state index contributed by atoms with van der Waals surface area (Å²) in [5.74, 6) is -1.79. The molecule has 10 aliphatic rings. The van der Waals surface area contributed by atoms with E-state index in [4.69, 9.17) is 11.5 Å². The highest BCUT2D eigenvalue weighted by Gasteiger charge is 2.74. The number of nitriles is 2.